The van der Waals surface area contributed by atoms with Gasteiger partial charge in [0, 0.05) is 25.8 Å². The standard InChI is InChI=1S/C9H11F3N2O4/c10-9(11,12)5-18-13-6(15)3-4-14-7(16)1-2-8(14)17/h1-5H2,(H,13,15). The molecule has 0 aromatic carbocycles. The maximum absolute atomic E-state index is 11.7. The van der Waals surface area contributed by atoms with E-state index in [1.165, 1.54) is 0 Å². The Morgan fingerprint density at radius 3 is 2.33 bits per heavy atom. The minimum absolute atomic E-state index is 0.102. The van der Waals surface area contributed by atoms with E-state index in [4.69, 9.17) is 0 Å². The van der Waals surface area contributed by atoms with Crippen LogP contribution in [0.5, 0.6) is 0 Å². The van der Waals surface area contributed by atoms with Gasteiger partial charge in [0.25, 0.3) is 0 Å². The van der Waals surface area contributed by atoms with Crippen molar-refractivity contribution < 1.29 is 32.4 Å². The summed E-state index contributed by atoms with van der Waals surface area (Å²) in [6.07, 6.45) is -4.63. The highest BCUT2D eigenvalue weighted by molar-refractivity contribution is 6.02. The van der Waals surface area contributed by atoms with E-state index in [-0.39, 0.29) is 37.6 Å². The zero-order valence-corrected chi connectivity index (χ0v) is 9.25. The van der Waals surface area contributed by atoms with Crippen molar-refractivity contribution in [2.45, 2.75) is 25.4 Å². The zero-order chi connectivity index (χ0) is 13.8. The Kier molecular flexibility index (Phi) is 4.65. The maximum Gasteiger partial charge on any atom is 0.414 e. The van der Waals surface area contributed by atoms with Gasteiger partial charge in [0.15, 0.2) is 6.61 Å². The second-order valence-corrected chi connectivity index (χ2v) is 3.62. The number of rotatable bonds is 5. The van der Waals surface area contributed by atoms with Crippen LogP contribution in [0, 0.1) is 0 Å². The summed E-state index contributed by atoms with van der Waals surface area (Å²) >= 11 is 0. The molecule has 3 amide bonds. The molecule has 0 aromatic rings. The van der Waals surface area contributed by atoms with Gasteiger partial charge in [0.05, 0.1) is 0 Å². The molecule has 1 aliphatic heterocycles. The lowest BCUT2D eigenvalue weighted by atomic mass is 10.4. The number of hydrogen-bond acceptors (Lipinski definition) is 4. The Morgan fingerprint density at radius 2 is 1.83 bits per heavy atom. The number of carbonyl (C=O) groups excluding carboxylic acids is 3. The van der Waals surface area contributed by atoms with Crippen molar-refractivity contribution in [3.63, 3.8) is 0 Å². The number of hydroxylamine groups is 1. The third-order valence-electron chi connectivity index (χ3n) is 2.14. The van der Waals surface area contributed by atoms with E-state index in [0.717, 1.165) is 4.90 Å². The van der Waals surface area contributed by atoms with Gasteiger partial charge >= 0.3 is 6.18 Å². The van der Waals surface area contributed by atoms with E-state index in [9.17, 15) is 27.6 Å². The highest BCUT2D eigenvalue weighted by atomic mass is 19.4. The predicted octanol–water partition coefficient (Wildman–Crippen LogP) is 0.136. The summed E-state index contributed by atoms with van der Waals surface area (Å²) in [7, 11) is 0. The van der Waals surface area contributed by atoms with Crippen LogP contribution in [-0.2, 0) is 19.2 Å². The Labute approximate surface area is 100 Å². The molecule has 1 N–H and O–H groups in total. The van der Waals surface area contributed by atoms with Gasteiger partial charge in [-0.1, -0.05) is 0 Å². The van der Waals surface area contributed by atoms with E-state index in [2.05, 4.69) is 4.84 Å². The molecule has 0 atom stereocenters. The quantitative estimate of drug-likeness (QED) is 0.568. The van der Waals surface area contributed by atoms with Crippen molar-refractivity contribution in [1.29, 1.82) is 0 Å². The number of hydrogen-bond donors (Lipinski definition) is 1. The fourth-order valence-electron chi connectivity index (χ4n) is 1.34. The van der Waals surface area contributed by atoms with E-state index >= 15 is 0 Å². The monoisotopic (exact) mass is 268 g/mol. The molecule has 1 saturated heterocycles. The van der Waals surface area contributed by atoms with E-state index in [1.54, 1.807) is 5.48 Å². The molecule has 1 heterocycles. The van der Waals surface area contributed by atoms with Crippen LogP contribution in [0.3, 0.4) is 0 Å². The van der Waals surface area contributed by atoms with Crippen LogP contribution >= 0.6 is 0 Å². The fourth-order valence-corrected chi connectivity index (χ4v) is 1.34. The minimum Gasteiger partial charge on any atom is -0.282 e. The summed E-state index contributed by atoms with van der Waals surface area (Å²) < 4.78 is 35.0. The van der Waals surface area contributed by atoms with Gasteiger partial charge in [-0.25, -0.2) is 5.48 Å². The fraction of sp³-hybridized carbons (Fsp3) is 0.667. The van der Waals surface area contributed by atoms with Gasteiger partial charge in [-0.05, 0) is 0 Å². The van der Waals surface area contributed by atoms with Crippen molar-refractivity contribution in [2.24, 2.45) is 0 Å². The van der Waals surface area contributed by atoms with Crippen LogP contribution in [0.15, 0.2) is 0 Å². The molecule has 18 heavy (non-hydrogen) atoms. The van der Waals surface area contributed by atoms with Gasteiger partial charge in [-0.3, -0.25) is 24.1 Å². The molecule has 1 aliphatic rings. The van der Waals surface area contributed by atoms with E-state index in [0.29, 0.717) is 0 Å². The second-order valence-electron chi connectivity index (χ2n) is 3.62. The molecule has 0 aliphatic carbocycles. The number of imide groups is 1. The van der Waals surface area contributed by atoms with Crippen LogP contribution in [0.1, 0.15) is 19.3 Å². The average Bonchev–Trinajstić information content (AvgIpc) is 2.54. The van der Waals surface area contributed by atoms with Crippen LogP contribution in [0.4, 0.5) is 13.2 Å². The van der Waals surface area contributed by atoms with Gasteiger partial charge in [-0.15, -0.1) is 0 Å². The lowest BCUT2D eigenvalue weighted by molar-refractivity contribution is -0.191. The molecule has 0 saturated carbocycles. The summed E-state index contributed by atoms with van der Waals surface area (Å²) in [4.78, 5) is 38.1. The second kappa shape index (κ2) is 5.80. The summed E-state index contributed by atoms with van der Waals surface area (Å²) in [5, 5.41) is 0. The molecule has 6 nitrogen and oxygen atoms in total. The first-order valence-corrected chi connectivity index (χ1v) is 5.10. The molecule has 0 radical (unpaired) electrons. The summed E-state index contributed by atoms with van der Waals surface area (Å²) in [6.45, 7) is -1.75. The molecule has 0 aromatic heterocycles. The van der Waals surface area contributed by atoms with Crippen molar-refractivity contribution in [2.75, 3.05) is 13.2 Å². The predicted molar refractivity (Wildman–Crippen MR) is 50.7 cm³/mol. The van der Waals surface area contributed by atoms with Crippen LogP contribution < -0.4 is 5.48 Å². The number of nitrogens with zero attached hydrogens (tertiary/aromatic N) is 1. The molecule has 0 unspecified atom stereocenters. The smallest absolute Gasteiger partial charge is 0.282 e. The van der Waals surface area contributed by atoms with Crippen LogP contribution in [0.2, 0.25) is 0 Å². The van der Waals surface area contributed by atoms with Gasteiger partial charge < -0.3 is 0 Å². The maximum atomic E-state index is 11.7. The Hall–Kier alpha value is -1.64. The van der Waals surface area contributed by atoms with Crippen LogP contribution in [0.25, 0.3) is 0 Å². The summed E-state index contributed by atoms with van der Waals surface area (Å²) in [5.41, 5.74) is 1.58. The number of amides is 3. The number of halogens is 3. The first-order valence-electron chi connectivity index (χ1n) is 5.10. The highest BCUT2D eigenvalue weighted by Gasteiger charge is 2.30. The normalized spacial score (nSPS) is 16.3. The molecule has 9 heteroatoms. The van der Waals surface area contributed by atoms with E-state index in [1.807, 2.05) is 0 Å². The number of likely N-dealkylation sites (tertiary alicyclic amines) is 1. The average molecular weight is 268 g/mol. The first kappa shape index (κ1) is 14.4. The van der Waals surface area contributed by atoms with Crippen molar-refractivity contribution >= 4 is 17.7 Å². The number of carbonyl (C=O) groups is 3. The summed E-state index contributed by atoms with van der Waals surface area (Å²) in [6, 6.07) is 0. The Bertz CT molecular complexity index is 340. The van der Waals surface area contributed by atoms with Gasteiger partial charge in [-0.2, -0.15) is 13.2 Å². The van der Waals surface area contributed by atoms with Gasteiger partial charge in [0.2, 0.25) is 17.7 Å². The summed E-state index contributed by atoms with van der Waals surface area (Å²) in [5.74, 6) is -1.60. The minimum atomic E-state index is -4.53. The number of alkyl halides is 3. The molecule has 0 bridgehead atoms. The Balaban J connectivity index is 2.21. The molecular formula is C9H11F3N2O4. The molecule has 0 spiro atoms. The lowest BCUT2D eigenvalue weighted by Gasteiger charge is -2.13. The number of nitrogens with one attached hydrogen (secondary N) is 1. The van der Waals surface area contributed by atoms with Crippen molar-refractivity contribution in [1.82, 2.24) is 10.4 Å². The molecule has 1 rings (SSSR count). The third kappa shape index (κ3) is 4.70. The zero-order valence-electron chi connectivity index (χ0n) is 9.25. The first-order chi connectivity index (χ1) is 8.29. The third-order valence-corrected chi connectivity index (χ3v) is 2.14. The van der Waals surface area contributed by atoms with Crippen molar-refractivity contribution in [3.8, 4) is 0 Å². The SMILES string of the molecule is O=C(CCN1C(=O)CCC1=O)NOCC(F)(F)F. The van der Waals surface area contributed by atoms with Gasteiger partial charge in [0.1, 0.15) is 0 Å². The largest absolute Gasteiger partial charge is 0.414 e. The molecule has 102 valence electrons. The van der Waals surface area contributed by atoms with E-state index < -0.39 is 18.7 Å². The van der Waals surface area contributed by atoms with Crippen LogP contribution in [-0.4, -0.2) is 41.9 Å². The Morgan fingerprint density at radius 1 is 1.28 bits per heavy atom. The lowest BCUT2D eigenvalue weighted by Crippen LogP contribution is -2.35. The molecular weight excluding hydrogens is 257 g/mol. The molecule has 1 fully saturated rings. The highest BCUT2D eigenvalue weighted by Crippen LogP contribution is 2.14. The topological polar surface area (TPSA) is 75.7 Å². The van der Waals surface area contributed by atoms with Crippen molar-refractivity contribution in [3.05, 3.63) is 0 Å².